The molecule has 0 heterocycles. The highest BCUT2D eigenvalue weighted by Crippen LogP contribution is 2.45. The Balaban J connectivity index is 1.24. The molecular formula is C30H39NO2. The van der Waals surface area contributed by atoms with Crippen molar-refractivity contribution in [3.8, 4) is 0 Å². The van der Waals surface area contributed by atoms with Gasteiger partial charge in [-0.3, -0.25) is 9.59 Å². The van der Waals surface area contributed by atoms with E-state index in [1.165, 1.54) is 50.5 Å². The number of benzene rings is 2. The first-order chi connectivity index (χ1) is 16.2. The average Bonchev–Trinajstić information content (AvgIpc) is 2.85. The second kappa shape index (κ2) is 12.2. The predicted molar refractivity (Wildman–Crippen MR) is 134 cm³/mol. The van der Waals surface area contributed by atoms with E-state index in [4.69, 9.17) is 0 Å². The fraction of sp³-hybridized carbons (Fsp3) is 0.533. The summed E-state index contributed by atoms with van der Waals surface area (Å²) in [4.78, 5) is 25.5. The Morgan fingerprint density at radius 3 is 2.30 bits per heavy atom. The summed E-state index contributed by atoms with van der Waals surface area (Å²) in [5, 5.41) is 3.22. The maximum atomic E-state index is 12.8. The standard InChI is InChI=1S/C30H39NO2/c32-27(22-26-17-9-16-24-13-7-8-19-28(24)26)18-10-20-30(33)31-29(25-14-5-2-6-15-25)21-23-11-3-1-4-12-23/h1-6,11-12,14-15,24,26,28-29H,7-10,13,16-22H2,(H,31,33). The van der Waals surface area contributed by atoms with Crippen LogP contribution in [0.15, 0.2) is 60.7 Å². The minimum absolute atomic E-state index is 0.0394. The summed E-state index contributed by atoms with van der Waals surface area (Å²) in [6.07, 6.45) is 12.4. The number of hydrogen-bond donors (Lipinski definition) is 1. The van der Waals surface area contributed by atoms with E-state index < -0.39 is 0 Å². The van der Waals surface area contributed by atoms with Gasteiger partial charge in [0.05, 0.1) is 6.04 Å². The third-order valence-corrected chi connectivity index (χ3v) is 7.89. The van der Waals surface area contributed by atoms with Gasteiger partial charge in [-0.15, -0.1) is 0 Å². The molecule has 2 aliphatic carbocycles. The molecule has 2 aromatic carbocycles. The second-order valence-electron chi connectivity index (χ2n) is 10.2. The zero-order chi connectivity index (χ0) is 22.9. The van der Waals surface area contributed by atoms with Crippen LogP contribution in [-0.4, -0.2) is 11.7 Å². The SMILES string of the molecule is O=C(CCCC(=O)NC(Cc1ccccc1)c1ccccc1)CC1CCCC2CCCCC21. The fourth-order valence-corrected chi connectivity index (χ4v) is 6.22. The van der Waals surface area contributed by atoms with Crippen molar-refractivity contribution < 1.29 is 9.59 Å². The smallest absolute Gasteiger partial charge is 0.220 e. The highest BCUT2D eigenvalue weighted by Gasteiger charge is 2.35. The van der Waals surface area contributed by atoms with Crippen molar-refractivity contribution in [1.82, 2.24) is 5.32 Å². The quantitative estimate of drug-likeness (QED) is 0.436. The third kappa shape index (κ3) is 7.03. The summed E-state index contributed by atoms with van der Waals surface area (Å²) in [5.41, 5.74) is 2.32. The van der Waals surface area contributed by atoms with Crippen LogP contribution in [-0.2, 0) is 16.0 Å². The van der Waals surface area contributed by atoms with Gasteiger partial charge in [0, 0.05) is 19.3 Å². The summed E-state index contributed by atoms with van der Waals surface area (Å²) in [6.45, 7) is 0. The lowest BCUT2D eigenvalue weighted by atomic mass is 9.64. The first kappa shape index (κ1) is 23.7. The van der Waals surface area contributed by atoms with Gasteiger partial charge < -0.3 is 5.32 Å². The Bertz CT molecular complexity index is 877. The molecule has 4 unspecified atom stereocenters. The van der Waals surface area contributed by atoms with Gasteiger partial charge in [-0.1, -0.05) is 92.8 Å². The van der Waals surface area contributed by atoms with Crippen molar-refractivity contribution in [3.05, 3.63) is 71.8 Å². The maximum Gasteiger partial charge on any atom is 0.220 e. The lowest BCUT2D eigenvalue weighted by Crippen LogP contribution is -2.32. The van der Waals surface area contributed by atoms with Crippen molar-refractivity contribution in [2.24, 2.45) is 17.8 Å². The number of ketones is 1. The van der Waals surface area contributed by atoms with Gasteiger partial charge >= 0.3 is 0 Å². The van der Waals surface area contributed by atoms with E-state index in [9.17, 15) is 9.59 Å². The molecule has 1 amide bonds. The van der Waals surface area contributed by atoms with E-state index in [0.717, 1.165) is 30.2 Å². The number of rotatable bonds is 10. The Labute approximate surface area is 199 Å². The first-order valence-corrected chi connectivity index (χ1v) is 13.1. The van der Waals surface area contributed by atoms with Crippen LogP contribution in [0.2, 0.25) is 0 Å². The van der Waals surface area contributed by atoms with Gasteiger partial charge in [-0.25, -0.2) is 0 Å². The highest BCUT2D eigenvalue weighted by atomic mass is 16.1. The normalized spacial score (nSPS) is 23.3. The second-order valence-corrected chi connectivity index (χ2v) is 10.2. The van der Waals surface area contributed by atoms with Crippen molar-refractivity contribution in [1.29, 1.82) is 0 Å². The van der Waals surface area contributed by atoms with E-state index in [0.29, 0.717) is 31.0 Å². The fourth-order valence-electron chi connectivity index (χ4n) is 6.22. The average molecular weight is 446 g/mol. The van der Waals surface area contributed by atoms with Crippen molar-refractivity contribution in [2.75, 3.05) is 0 Å². The van der Waals surface area contributed by atoms with Crippen LogP contribution in [0.3, 0.4) is 0 Å². The van der Waals surface area contributed by atoms with Gasteiger partial charge in [0.15, 0.2) is 0 Å². The number of carbonyl (C=O) groups excluding carboxylic acids is 2. The highest BCUT2D eigenvalue weighted by molar-refractivity contribution is 5.80. The van der Waals surface area contributed by atoms with Crippen LogP contribution < -0.4 is 5.32 Å². The Hall–Kier alpha value is -2.42. The molecule has 33 heavy (non-hydrogen) atoms. The largest absolute Gasteiger partial charge is 0.349 e. The molecule has 176 valence electrons. The molecular weight excluding hydrogens is 406 g/mol. The number of Topliss-reactive ketones (excluding diaryl/α,β-unsaturated/α-hetero) is 1. The first-order valence-electron chi connectivity index (χ1n) is 13.1. The maximum absolute atomic E-state index is 12.8. The number of carbonyl (C=O) groups is 2. The zero-order valence-corrected chi connectivity index (χ0v) is 19.9. The molecule has 2 saturated carbocycles. The summed E-state index contributed by atoms with van der Waals surface area (Å²) in [6, 6.07) is 20.4. The summed E-state index contributed by atoms with van der Waals surface area (Å²) < 4.78 is 0. The van der Waals surface area contributed by atoms with E-state index in [-0.39, 0.29) is 11.9 Å². The van der Waals surface area contributed by atoms with Crippen LogP contribution in [0.4, 0.5) is 0 Å². The Morgan fingerprint density at radius 1 is 0.818 bits per heavy atom. The molecule has 3 heteroatoms. The van der Waals surface area contributed by atoms with Gasteiger partial charge in [0.1, 0.15) is 5.78 Å². The summed E-state index contributed by atoms with van der Waals surface area (Å²) in [5.74, 6) is 2.65. The Kier molecular flexibility index (Phi) is 8.74. The molecule has 0 spiro atoms. The topological polar surface area (TPSA) is 46.2 Å². The molecule has 0 bridgehead atoms. The number of nitrogens with one attached hydrogen (secondary N) is 1. The minimum Gasteiger partial charge on any atom is -0.349 e. The molecule has 0 radical (unpaired) electrons. The van der Waals surface area contributed by atoms with E-state index in [1.54, 1.807) is 0 Å². The number of hydrogen-bond acceptors (Lipinski definition) is 2. The van der Waals surface area contributed by atoms with Crippen molar-refractivity contribution >= 4 is 11.7 Å². The molecule has 2 fully saturated rings. The van der Waals surface area contributed by atoms with Gasteiger partial charge in [-0.05, 0) is 54.6 Å². The summed E-state index contributed by atoms with van der Waals surface area (Å²) in [7, 11) is 0. The van der Waals surface area contributed by atoms with Gasteiger partial charge in [0.2, 0.25) is 5.91 Å². The molecule has 3 nitrogen and oxygen atoms in total. The van der Waals surface area contributed by atoms with Crippen LogP contribution >= 0.6 is 0 Å². The van der Waals surface area contributed by atoms with Crippen molar-refractivity contribution in [3.63, 3.8) is 0 Å². The molecule has 2 aliphatic rings. The van der Waals surface area contributed by atoms with E-state index >= 15 is 0 Å². The predicted octanol–water partition coefficient (Wildman–Crippen LogP) is 6.82. The minimum atomic E-state index is -0.0534. The molecule has 0 aliphatic heterocycles. The molecule has 0 saturated heterocycles. The van der Waals surface area contributed by atoms with Crippen LogP contribution in [0.1, 0.15) is 87.8 Å². The van der Waals surface area contributed by atoms with E-state index in [1.807, 2.05) is 36.4 Å². The number of amides is 1. The van der Waals surface area contributed by atoms with Crippen LogP contribution in [0.5, 0.6) is 0 Å². The zero-order valence-electron chi connectivity index (χ0n) is 19.9. The van der Waals surface area contributed by atoms with Crippen molar-refractivity contribution in [2.45, 2.75) is 83.1 Å². The monoisotopic (exact) mass is 445 g/mol. The molecule has 0 aromatic heterocycles. The number of fused-ring (bicyclic) bond motifs is 1. The van der Waals surface area contributed by atoms with Gasteiger partial charge in [-0.2, -0.15) is 0 Å². The van der Waals surface area contributed by atoms with Crippen LogP contribution in [0.25, 0.3) is 0 Å². The lowest BCUT2D eigenvalue weighted by Gasteiger charge is -2.41. The molecule has 1 N–H and O–H groups in total. The lowest BCUT2D eigenvalue weighted by molar-refractivity contribution is -0.122. The van der Waals surface area contributed by atoms with Gasteiger partial charge in [0.25, 0.3) is 0 Å². The summed E-state index contributed by atoms with van der Waals surface area (Å²) >= 11 is 0. The molecule has 4 rings (SSSR count). The Morgan fingerprint density at radius 2 is 1.52 bits per heavy atom. The third-order valence-electron chi connectivity index (χ3n) is 7.89. The van der Waals surface area contributed by atoms with E-state index in [2.05, 4.69) is 29.6 Å². The molecule has 4 atom stereocenters. The van der Waals surface area contributed by atoms with Crippen LogP contribution in [0, 0.1) is 17.8 Å². The molecule has 2 aromatic rings.